The van der Waals surface area contributed by atoms with Gasteiger partial charge in [-0.3, -0.25) is 0 Å². The molecule has 0 aliphatic carbocycles. The van der Waals surface area contributed by atoms with E-state index in [1.807, 2.05) is 49.4 Å². The van der Waals surface area contributed by atoms with Crippen LogP contribution in [0.3, 0.4) is 0 Å². The summed E-state index contributed by atoms with van der Waals surface area (Å²) < 4.78 is 11.9. The number of aryl methyl sites for hydroxylation is 1. The van der Waals surface area contributed by atoms with Crippen LogP contribution in [0, 0.1) is 6.92 Å². The Morgan fingerprint density at radius 2 is 1.57 bits per heavy atom. The fraction of sp³-hybridized carbons (Fsp3) is 0.458. The second-order valence-electron chi connectivity index (χ2n) is 6.97. The number of hydrogen-bond acceptors (Lipinski definition) is 3. The lowest BCUT2D eigenvalue weighted by molar-refractivity contribution is -0.207. The molecule has 2 rings (SSSR count). The van der Waals surface area contributed by atoms with Crippen molar-refractivity contribution in [3.63, 3.8) is 0 Å². The molecule has 0 spiro atoms. The zero-order chi connectivity index (χ0) is 20.2. The minimum atomic E-state index is 0.0909. The van der Waals surface area contributed by atoms with Crippen LogP contribution in [0.1, 0.15) is 63.5 Å². The van der Waals surface area contributed by atoms with E-state index in [1.54, 1.807) is 0 Å². The standard InChI is InChI=1S/C24H33O3P/c1-4-6-10-16-26-20-14-15-23(22(18-20)27-17-11-7-5-2)28-24(25)21-13-9-8-12-19(21)3/h8-9,12-15,18,25H,4-7,10-11,16-17H2,1-3H3/p-1. The predicted molar refractivity (Wildman–Crippen MR) is 118 cm³/mol. The lowest BCUT2D eigenvalue weighted by Crippen LogP contribution is -2.19. The van der Waals surface area contributed by atoms with Gasteiger partial charge in [-0.05, 0) is 43.0 Å². The Morgan fingerprint density at radius 3 is 2.25 bits per heavy atom. The van der Waals surface area contributed by atoms with Crippen LogP contribution >= 0.6 is 8.20 Å². The van der Waals surface area contributed by atoms with Gasteiger partial charge < -0.3 is 14.6 Å². The van der Waals surface area contributed by atoms with Crippen LogP contribution < -0.4 is 19.9 Å². The van der Waals surface area contributed by atoms with Gasteiger partial charge in [0.15, 0.2) is 0 Å². The molecule has 0 saturated heterocycles. The van der Waals surface area contributed by atoms with Gasteiger partial charge in [-0.25, -0.2) is 0 Å². The normalized spacial score (nSPS) is 11.5. The Balaban J connectivity index is 2.20. The molecule has 0 aliphatic rings. The fourth-order valence-corrected chi connectivity index (χ4v) is 3.83. The zero-order valence-electron chi connectivity index (χ0n) is 17.4. The minimum Gasteiger partial charge on any atom is -0.823 e. The third-order valence-corrected chi connectivity index (χ3v) is 5.61. The molecule has 0 amide bonds. The van der Waals surface area contributed by atoms with Gasteiger partial charge in [-0.2, -0.15) is 0 Å². The van der Waals surface area contributed by atoms with Gasteiger partial charge in [0, 0.05) is 11.4 Å². The van der Waals surface area contributed by atoms with E-state index < -0.39 is 0 Å². The summed E-state index contributed by atoms with van der Waals surface area (Å²) >= 11 is 0. The average molecular weight is 399 g/mol. The Kier molecular flexibility index (Phi) is 10.1. The summed E-state index contributed by atoms with van der Waals surface area (Å²) in [7, 11) is 0.632. The van der Waals surface area contributed by atoms with E-state index in [2.05, 4.69) is 13.8 Å². The summed E-state index contributed by atoms with van der Waals surface area (Å²) in [4.78, 5) is 0. The van der Waals surface area contributed by atoms with Crippen molar-refractivity contribution in [3.05, 3.63) is 53.6 Å². The Bertz CT molecular complexity index is 755. The first-order valence-corrected chi connectivity index (χ1v) is 11.3. The lowest BCUT2D eigenvalue weighted by Gasteiger charge is -2.17. The number of rotatable bonds is 12. The molecule has 0 aliphatic heterocycles. The van der Waals surface area contributed by atoms with Gasteiger partial charge in [0.1, 0.15) is 11.5 Å². The lowest BCUT2D eigenvalue weighted by atomic mass is 10.1. The molecule has 0 radical (unpaired) electrons. The maximum Gasteiger partial charge on any atom is 0.134 e. The molecule has 0 N–H and O–H groups in total. The van der Waals surface area contributed by atoms with Gasteiger partial charge in [-0.1, -0.05) is 72.0 Å². The molecule has 0 fully saturated rings. The van der Waals surface area contributed by atoms with Crippen molar-refractivity contribution < 1.29 is 14.6 Å². The molecule has 0 atom stereocenters. The molecule has 2 aromatic rings. The molecular weight excluding hydrogens is 367 g/mol. The maximum absolute atomic E-state index is 12.8. The smallest absolute Gasteiger partial charge is 0.134 e. The van der Waals surface area contributed by atoms with Gasteiger partial charge in [0.05, 0.1) is 13.2 Å². The summed E-state index contributed by atoms with van der Waals surface area (Å²) in [5.41, 5.74) is 1.86. The van der Waals surface area contributed by atoms with E-state index in [1.165, 1.54) is 12.8 Å². The number of unbranched alkanes of at least 4 members (excludes halogenated alkanes) is 4. The van der Waals surface area contributed by atoms with E-state index in [4.69, 9.17) is 9.47 Å². The van der Waals surface area contributed by atoms with Crippen molar-refractivity contribution in [1.29, 1.82) is 0 Å². The number of benzene rings is 2. The topological polar surface area (TPSA) is 41.5 Å². The summed E-state index contributed by atoms with van der Waals surface area (Å²) in [5.74, 6) is 1.57. The van der Waals surface area contributed by atoms with E-state index in [-0.39, 0.29) is 5.48 Å². The highest BCUT2D eigenvalue weighted by molar-refractivity contribution is 7.49. The first-order chi connectivity index (χ1) is 13.7. The second-order valence-corrected chi connectivity index (χ2v) is 8.08. The molecule has 0 aromatic heterocycles. The first-order valence-electron chi connectivity index (χ1n) is 10.4. The number of ether oxygens (including phenoxy) is 2. The summed E-state index contributed by atoms with van der Waals surface area (Å²) in [5, 5.41) is 13.7. The average Bonchev–Trinajstić information content (AvgIpc) is 2.70. The van der Waals surface area contributed by atoms with E-state index in [9.17, 15) is 5.11 Å². The molecule has 3 nitrogen and oxygen atoms in total. The molecule has 152 valence electrons. The van der Waals surface area contributed by atoms with Crippen molar-refractivity contribution in [3.8, 4) is 11.5 Å². The van der Waals surface area contributed by atoms with Crippen LogP contribution in [0.4, 0.5) is 0 Å². The number of hydrogen-bond donors (Lipinski definition) is 0. The first kappa shape index (κ1) is 22.5. The van der Waals surface area contributed by atoms with Crippen molar-refractivity contribution >= 4 is 19.0 Å². The van der Waals surface area contributed by atoms with Crippen molar-refractivity contribution in [2.75, 3.05) is 13.2 Å². The van der Waals surface area contributed by atoms with Gasteiger partial charge in [0.2, 0.25) is 0 Å². The summed E-state index contributed by atoms with van der Waals surface area (Å²) in [6.07, 6.45) is 6.70. The van der Waals surface area contributed by atoms with Crippen molar-refractivity contribution in [2.24, 2.45) is 0 Å². The summed E-state index contributed by atoms with van der Waals surface area (Å²) in [6, 6.07) is 13.6. The minimum absolute atomic E-state index is 0.0909. The quantitative estimate of drug-likeness (QED) is 0.362. The molecule has 0 saturated carbocycles. The Morgan fingerprint density at radius 1 is 0.893 bits per heavy atom. The van der Waals surface area contributed by atoms with E-state index >= 15 is 0 Å². The summed E-state index contributed by atoms with van der Waals surface area (Å²) in [6.45, 7) is 7.70. The highest BCUT2D eigenvalue weighted by atomic mass is 31.1. The molecular formula is C24H32O3P-. The third-order valence-electron chi connectivity index (χ3n) is 4.55. The van der Waals surface area contributed by atoms with Crippen LogP contribution in [-0.4, -0.2) is 18.7 Å². The monoisotopic (exact) mass is 399 g/mol. The molecule has 0 unspecified atom stereocenters. The van der Waals surface area contributed by atoms with Crippen LogP contribution in [-0.2, 0) is 0 Å². The highest BCUT2D eigenvalue weighted by Crippen LogP contribution is 2.23. The van der Waals surface area contributed by atoms with Crippen LogP contribution in [0.5, 0.6) is 11.5 Å². The van der Waals surface area contributed by atoms with Gasteiger partial charge in [-0.15, -0.1) is 5.48 Å². The highest BCUT2D eigenvalue weighted by Gasteiger charge is 2.06. The molecule has 2 aromatic carbocycles. The molecule has 4 heteroatoms. The second kappa shape index (κ2) is 12.6. The fourth-order valence-electron chi connectivity index (χ4n) is 2.85. The van der Waals surface area contributed by atoms with E-state index in [0.717, 1.165) is 53.6 Å². The SMILES string of the molecule is CCCCCOc1ccc(P=C([O-])c2ccccc2C)c(OCCCCC)c1. The molecule has 0 heterocycles. The van der Waals surface area contributed by atoms with Gasteiger partial charge in [0.25, 0.3) is 0 Å². The van der Waals surface area contributed by atoms with Crippen molar-refractivity contribution in [1.82, 2.24) is 0 Å². The Labute approximate surface area is 171 Å². The molecule has 0 bridgehead atoms. The van der Waals surface area contributed by atoms with Crippen LogP contribution in [0.2, 0.25) is 0 Å². The third kappa shape index (κ3) is 7.30. The van der Waals surface area contributed by atoms with Gasteiger partial charge >= 0.3 is 0 Å². The van der Waals surface area contributed by atoms with Crippen molar-refractivity contribution in [2.45, 2.75) is 59.3 Å². The van der Waals surface area contributed by atoms with Crippen LogP contribution in [0.15, 0.2) is 42.5 Å². The van der Waals surface area contributed by atoms with Crippen LogP contribution in [0.25, 0.3) is 0 Å². The predicted octanol–water partition coefficient (Wildman–Crippen LogP) is 5.24. The van der Waals surface area contributed by atoms with E-state index in [0.29, 0.717) is 21.4 Å². The maximum atomic E-state index is 12.8. The molecule has 28 heavy (non-hydrogen) atoms. The zero-order valence-corrected chi connectivity index (χ0v) is 18.3. The Hall–Kier alpha value is -1.83. The largest absolute Gasteiger partial charge is 0.823 e.